The van der Waals surface area contributed by atoms with E-state index in [0.717, 1.165) is 55.1 Å². The molecule has 29 heavy (non-hydrogen) atoms. The highest BCUT2D eigenvalue weighted by Crippen LogP contribution is 2.27. The van der Waals surface area contributed by atoms with Crippen molar-refractivity contribution in [2.45, 2.75) is 6.54 Å². The van der Waals surface area contributed by atoms with Crippen molar-refractivity contribution in [2.24, 2.45) is 0 Å². The van der Waals surface area contributed by atoms with Crippen LogP contribution in [-0.4, -0.2) is 41.2 Å². The highest BCUT2D eigenvalue weighted by molar-refractivity contribution is 5.85. The number of piperazine rings is 1. The molecule has 0 spiro atoms. The Kier molecular flexibility index (Phi) is 8.26. The average molecular weight is 436 g/mol. The number of pyridine rings is 1. The third-order valence-corrected chi connectivity index (χ3v) is 4.97. The molecule has 2 aromatic carbocycles. The molecule has 154 valence electrons. The van der Waals surface area contributed by atoms with Crippen molar-refractivity contribution in [3.05, 3.63) is 78.4 Å². The van der Waals surface area contributed by atoms with E-state index < -0.39 is 0 Å². The molecule has 0 bridgehead atoms. The summed E-state index contributed by atoms with van der Waals surface area (Å²) in [5.41, 5.74) is 4.01. The van der Waals surface area contributed by atoms with Crippen LogP contribution in [0.4, 0.5) is 10.1 Å². The number of phenolic OH excluding ortho intramolecular Hbond substituents is 1. The highest BCUT2D eigenvalue weighted by atomic mass is 35.5. The molecule has 0 radical (unpaired) electrons. The molecule has 0 aliphatic carbocycles. The Labute approximate surface area is 182 Å². The number of rotatable bonds is 4. The summed E-state index contributed by atoms with van der Waals surface area (Å²) >= 11 is 0. The second-order valence-electron chi connectivity index (χ2n) is 6.84. The number of anilines is 1. The summed E-state index contributed by atoms with van der Waals surface area (Å²) in [6.07, 6.45) is 3.70. The first kappa shape index (κ1) is 22.9. The summed E-state index contributed by atoms with van der Waals surface area (Å²) < 4.78 is 13.1. The van der Waals surface area contributed by atoms with Gasteiger partial charge in [-0.05, 0) is 41.5 Å². The Balaban J connectivity index is 0.00000150. The summed E-state index contributed by atoms with van der Waals surface area (Å²) in [5.74, 6) is 0.104. The summed E-state index contributed by atoms with van der Waals surface area (Å²) in [6, 6.07) is 16.1. The fraction of sp³-hybridized carbons (Fsp3) is 0.227. The van der Waals surface area contributed by atoms with Gasteiger partial charge in [-0.25, -0.2) is 4.39 Å². The minimum atomic E-state index is -0.231. The van der Waals surface area contributed by atoms with Crippen LogP contribution in [0, 0.1) is 5.82 Å². The van der Waals surface area contributed by atoms with Gasteiger partial charge in [-0.1, -0.05) is 24.3 Å². The molecular weight excluding hydrogens is 412 g/mol. The predicted octanol–water partition coefficient (Wildman–Crippen LogP) is 4.76. The SMILES string of the molecule is Cl.Cl.Oc1ccccc1N1CCN(Cc2cncc(-c3ccc(F)cc3)c2)CC1. The van der Waals surface area contributed by atoms with E-state index in [9.17, 15) is 9.50 Å². The van der Waals surface area contributed by atoms with Crippen molar-refractivity contribution in [1.29, 1.82) is 0 Å². The zero-order chi connectivity index (χ0) is 18.6. The van der Waals surface area contributed by atoms with Crippen molar-refractivity contribution >= 4 is 30.5 Å². The van der Waals surface area contributed by atoms with Gasteiger partial charge in [0, 0.05) is 50.7 Å². The lowest BCUT2D eigenvalue weighted by molar-refractivity contribution is 0.249. The van der Waals surface area contributed by atoms with Crippen molar-refractivity contribution in [3.8, 4) is 16.9 Å². The van der Waals surface area contributed by atoms with Gasteiger partial charge in [0.15, 0.2) is 0 Å². The molecule has 1 aliphatic heterocycles. The second kappa shape index (κ2) is 10.4. The van der Waals surface area contributed by atoms with Gasteiger partial charge in [0.2, 0.25) is 0 Å². The molecule has 3 aromatic rings. The monoisotopic (exact) mass is 435 g/mol. The first-order chi connectivity index (χ1) is 13.2. The maximum absolute atomic E-state index is 13.1. The van der Waals surface area contributed by atoms with Gasteiger partial charge >= 0.3 is 0 Å². The van der Waals surface area contributed by atoms with E-state index >= 15 is 0 Å². The fourth-order valence-electron chi connectivity index (χ4n) is 3.51. The van der Waals surface area contributed by atoms with Gasteiger partial charge in [0.1, 0.15) is 11.6 Å². The van der Waals surface area contributed by atoms with Crippen LogP contribution >= 0.6 is 24.8 Å². The zero-order valence-corrected chi connectivity index (χ0v) is 17.5. The quantitative estimate of drug-likeness (QED) is 0.640. The number of halogens is 3. The molecule has 2 heterocycles. The molecule has 4 rings (SSSR count). The van der Waals surface area contributed by atoms with Gasteiger partial charge in [-0.2, -0.15) is 0 Å². The lowest BCUT2D eigenvalue weighted by Gasteiger charge is -2.36. The molecule has 1 saturated heterocycles. The lowest BCUT2D eigenvalue weighted by atomic mass is 10.1. The Hall–Kier alpha value is -2.34. The standard InChI is InChI=1S/C22H22FN3O.2ClH/c23-20-7-5-18(6-8-20)19-13-17(14-24-15-19)16-25-9-11-26(12-10-25)21-3-1-2-4-22(21)27;;/h1-8,13-15,27H,9-12,16H2;2*1H. The minimum absolute atomic E-state index is 0. The summed E-state index contributed by atoms with van der Waals surface area (Å²) in [6.45, 7) is 4.44. The van der Waals surface area contributed by atoms with Gasteiger partial charge in [-0.3, -0.25) is 9.88 Å². The molecule has 0 unspecified atom stereocenters. The number of para-hydroxylation sites is 2. The fourth-order valence-corrected chi connectivity index (χ4v) is 3.51. The van der Waals surface area contributed by atoms with Gasteiger partial charge in [0.25, 0.3) is 0 Å². The number of aromatic hydroxyl groups is 1. The van der Waals surface area contributed by atoms with Crippen molar-refractivity contribution in [1.82, 2.24) is 9.88 Å². The number of aromatic nitrogens is 1. The Bertz CT molecular complexity index is 916. The molecule has 0 saturated carbocycles. The van der Waals surface area contributed by atoms with Crippen LogP contribution in [0.15, 0.2) is 67.0 Å². The van der Waals surface area contributed by atoms with Crippen LogP contribution in [0.5, 0.6) is 5.75 Å². The number of benzene rings is 2. The first-order valence-electron chi connectivity index (χ1n) is 9.14. The van der Waals surface area contributed by atoms with Gasteiger partial charge in [0.05, 0.1) is 5.69 Å². The minimum Gasteiger partial charge on any atom is -0.506 e. The number of hydrogen-bond acceptors (Lipinski definition) is 4. The first-order valence-corrected chi connectivity index (χ1v) is 9.14. The van der Waals surface area contributed by atoms with Crippen LogP contribution in [0.1, 0.15) is 5.56 Å². The van der Waals surface area contributed by atoms with E-state index in [1.54, 1.807) is 18.2 Å². The maximum atomic E-state index is 13.1. The van der Waals surface area contributed by atoms with E-state index in [4.69, 9.17) is 0 Å². The van der Waals surface area contributed by atoms with E-state index in [1.165, 1.54) is 12.1 Å². The van der Waals surface area contributed by atoms with E-state index in [1.807, 2.05) is 30.6 Å². The van der Waals surface area contributed by atoms with Crippen LogP contribution in [-0.2, 0) is 6.54 Å². The smallest absolute Gasteiger partial charge is 0.138 e. The molecule has 1 N–H and O–H groups in total. The Morgan fingerprint density at radius 3 is 2.24 bits per heavy atom. The predicted molar refractivity (Wildman–Crippen MR) is 120 cm³/mol. The van der Waals surface area contributed by atoms with Crippen LogP contribution in [0.2, 0.25) is 0 Å². The molecule has 4 nitrogen and oxygen atoms in total. The summed E-state index contributed by atoms with van der Waals surface area (Å²) in [7, 11) is 0. The largest absolute Gasteiger partial charge is 0.506 e. The van der Waals surface area contributed by atoms with E-state index in [0.29, 0.717) is 5.75 Å². The average Bonchev–Trinajstić information content (AvgIpc) is 2.70. The molecule has 7 heteroatoms. The molecule has 1 fully saturated rings. The number of nitrogens with zero attached hydrogens (tertiary/aromatic N) is 3. The maximum Gasteiger partial charge on any atom is 0.138 e. The Morgan fingerprint density at radius 2 is 1.55 bits per heavy atom. The van der Waals surface area contributed by atoms with E-state index in [2.05, 4.69) is 20.9 Å². The van der Waals surface area contributed by atoms with Gasteiger partial charge in [-0.15, -0.1) is 24.8 Å². The highest BCUT2D eigenvalue weighted by Gasteiger charge is 2.19. The zero-order valence-electron chi connectivity index (χ0n) is 15.9. The summed E-state index contributed by atoms with van der Waals surface area (Å²) in [5, 5.41) is 10.0. The summed E-state index contributed by atoms with van der Waals surface area (Å²) in [4.78, 5) is 8.97. The number of hydrogen-bond donors (Lipinski definition) is 1. The molecule has 1 aromatic heterocycles. The van der Waals surface area contributed by atoms with Crippen LogP contribution in [0.25, 0.3) is 11.1 Å². The third kappa shape index (κ3) is 5.60. The van der Waals surface area contributed by atoms with Crippen molar-refractivity contribution in [3.63, 3.8) is 0 Å². The normalized spacial score (nSPS) is 14.0. The molecule has 0 amide bonds. The van der Waals surface area contributed by atoms with Gasteiger partial charge < -0.3 is 10.0 Å². The topological polar surface area (TPSA) is 39.6 Å². The molecule has 1 aliphatic rings. The van der Waals surface area contributed by atoms with Crippen LogP contribution < -0.4 is 4.90 Å². The molecule has 0 atom stereocenters. The third-order valence-electron chi connectivity index (χ3n) is 4.97. The van der Waals surface area contributed by atoms with Crippen LogP contribution in [0.3, 0.4) is 0 Å². The Morgan fingerprint density at radius 1 is 0.862 bits per heavy atom. The lowest BCUT2D eigenvalue weighted by Crippen LogP contribution is -2.46. The van der Waals surface area contributed by atoms with E-state index in [-0.39, 0.29) is 30.6 Å². The van der Waals surface area contributed by atoms with Crippen molar-refractivity contribution in [2.75, 3.05) is 31.1 Å². The molecular formula is C22H24Cl2FN3O. The van der Waals surface area contributed by atoms with Crippen molar-refractivity contribution < 1.29 is 9.50 Å². The second-order valence-corrected chi connectivity index (χ2v) is 6.84. The number of phenols is 1.